The third-order valence-corrected chi connectivity index (χ3v) is 8.75. The molecule has 0 radical (unpaired) electrons. The maximum absolute atomic E-state index is 14.4. The molecular formula is C31H20Cl2N4O3. The molecule has 1 saturated heterocycles. The minimum atomic E-state index is -1.11. The lowest BCUT2D eigenvalue weighted by Crippen LogP contribution is -2.54. The maximum atomic E-state index is 14.4. The summed E-state index contributed by atoms with van der Waals surface area (Å²) in [6.45, 7) is 0. The fourth-order valence-corrected chi connectivity index (χ4v) is 7.20. The van der Waals surface area contributed by atoms with E-state index in [0.29, 0.717) is 16.3 Å². The molecule has 9 heteroatoms. The van der Waals surface area contributed by atoms with Gasteiger partial charge in [0.15, 0.2) is 0 Å². The van der Waals surface area contributed by atoms with Crippen molar-refractivity contribution in [2.75, 3.05) is 4.90 Å². The summed E-state index contributed by atoms with van der Waals surface area (Å²) in [7, 11) is 0. The maximum Gasteiger partial charge on any atom is 0.271 e. The van der Waals surface area contributed by atoms with E-state index in [-0.39, 0.29) is 22.8 Å². The Morgan fingerprint density at radius 2 is 1.55 bits per heavy atom. The van der Waals surface area contributed by atoms with E-state index in [1.807, 2.05) is 48.5 Å². The highest BCUT2D eigenvalue weighted by Gasteiger charge is 2.68. The Morgan fingerprint density at radius 3 is 2.20 bits per heavy atom. The van der Waals surface area contributed by atoms with Crippen molar-refractivity contribution in [2.45, 2.75) is 11.3 Å². The van der Waals surface area contributed by atoms with Crippen molar-refractivity contribution in [3.63, 3.8) is 0 Å². The molecule has 2 atom stereocenters. The third kappa shape index (κ3) is 3.34. The predicted molar refractivity (Wildman–Crippen MR) is 152 cm³/mol. The van der Waals surface area contributed by atoms with Gasteiger partial charge in [0.25, 0.3) is 5.91 Å². The molecule has 196 valence electrons. The van der Waals surface area contributed by atoms with Gasteiger partial charge in [-0.3, -0.25) is 19.4 Å². The van der Waals surface area contributed by atoms with Crippen molar-refractivity contribution >= 4 is 52.8 Å². The average Bonchev–Trinajstić information content (AvgIpc) is 3.24. The standard InChI is InChI=1S/C31H20Cl2N4O3/c32-18-9-10-24(23(33)15-18)37-29(39)26-25-19-5-1-3-7-21(19)31(27(26)30(37)40,22-8-4-2-6-20(22)25)16-35-36-28(38)17-11-13-34-14-12-17/h1-16,25-27H,(H,36,38)/b35-16-/t25?,26-,27+,31?/m0/s1. The first-order valence-electron chi connectivity index (χ1n) is 12.7. The second-order valence-electron chi connectivity index (χ2n) is 10.1. The summed E-state index contributed by atoms with van der Waals surface area (Å²) in [6, 6.07) is 23.5. The first-order valence-corrected chi connectivity index (χ1v) is 13.5. The number of hydrogen-bond acceptors (Lipinski definition) is 5. The van der Waals surface area contributed by atoms with E-state index in [4.69, 9.17) is 23.2 Å². The zero-order valence-corrected chi connectivity index (χ0v) is 22.3. The number of nitrogens with zero attached hydrogens (tertiary/aromatic N) is 3. The summed E-state index contributed by atoms with van der Waals surface area (Å²) in [6.07, 6.45) is 4.67. The van der Waals surface area contributed by atoms with Crippen LogP contribution in [0.4, 0.5) is 5.69 Å². The largest absolute Gasteiger partial charge is 0.274 e. The van der Waals surface area contributed by atoms with Crippen LogP contribution in [0.5, 0.6) is 0 Å². The second-order valence-corrected chi connectivity index (χ2v) is 10.9. The van der Waals surface area contributed by atoms with Gasteiger partial charge in [-0.1, -0.05) is 71.7 Å². The number of amides is 3. The number of aromatic nitrogens is 1. The molecule has 0 unspecified atom stereocenters. The molecule has 0 saturated carbocycles. The van der Waals surface area contributed by atoms with Crippen molar-refractivity contribution in [1.29, 1.82) is 0 Å². The molecule has 0 spiro atoms. The molecule has 3 aromatic carbocycles. The molecule has 1 aliphatic heterocycles. The number of hydrazone groups is 1. The lowest BCUT2D eigenvalue weighted by Gasteiger charge is -2.52. The zero-order valence-electron chi connectivity index (χ0n) is 20.8. The topological polar surface area (TPSA) is 91.7 Å². The highest BCUT2D eigenvalue weighted by Crippen LogP contribution is 2.63. The van der Waals surface area contributed by atoms with Gasteiger partial charge in [-0.25, -0.2) is 10.3 Å². The summed E-state index contributed by atoms with van der Waals surface area (Å²) in [4.78, 5) is 46.5. The highest BCUT2D eigenvalue weighted by atomic mass is 35.5. The smallest absolute Gasteiger partial charge is 0.271 e. The fourth-order valence-electron chi connectivity index (χ4n) is 6.71. The number of pyridine rings is 1. The molecule has 7 nitrogen and oxygen atoms in total. The molecule has 4 aliphatic rings. The van der Waals surface area contributed by atoms with E-state index in [2.05, 4.69) is 15.5 Å². The van der Waals surface area contributed by atoms with Gasteiger partial charge in [-0.05, 0) is 52.6 Å². The van der Waals surface area contributed by atoms with E-state index in [0.717, 1.165) is 22.3 Å². The Bertz CT molecular complexity index is 1710. The molecule has 2 bridgehead atoms. The number of carbonyl (C=O) groups excluding carboxylic acids is 3. The average molecular weight is 567 g/mol. The Labute approximate surface area is 239 Å². The van der Waals surface area contributed by atoms with Crippen LogP contribution in [0.3, 0.4) is 0 Å². The number of benzene rings is 3. The monoisotopic (exact) mass is 566 g/mol. The van der Waals surface area contributed by atoms with Crippen LogP contribution in [0.25, 0.3) is 0 Å². The number of rotatable bonds is 4. The number of nitrogens with one attached hydrogen (secondary N) is 1. The number of carbonyl (C=O) groups is 3. The minimum absolute atomic E-state index is 0.211. The van der Waals surface area contributed by atoms with Gasteiger partial charge in [0.1, 0.15) is 0 Å². The third-order valence-electron chi connectivity index (χ3n) is 8.21. The molecule has 1 N–H and O–H groups in total. The van der Waals surface area contributed by atoms with Crippen LogP contribution in [0, 0.1) is 11.8 Å². The predicted octanol–water partition coefficient (Wildman–Crippen LogP) is 5.36. The van der Waals surface area contributed by atoms with Crippen molar-refractivity contribution in [3.8, 4) is 0 Å². The lowest BCUT2D eigenvalue weighted by molar-refractivity contribution is -0.122. The molecule has 8 rings (SSSR count). The first-order chi connectivity index (χ1) is 19.4. The van der Waals surface area contributed by atoms with Crippen LogP contribution in [0.1, 0.15) is 38.5 Å². The minimum Gasteiger partial charge on any atom is -0.274 e. The van der Waals surface area contributed by atoms with Gasteiger partial charge in [-0.15, -0.1) is 0 Å². The normalized spacial score (nSPS) is 24.1. The van der Waals surface area contributed by atoms with Crippen LogP contribution < -0.4 is 10.3 Å². The van der Waals surface area contributed by atoms with E-state index in [9.17, 15) is 14.4 Å². The van der Waals surface area contributed by atoms with Crippen LogP contribution in [-0.2, 0) is 15.0 Å². The van der Waals surface area contributed by atoms with Crippen molar-refractivity contribution in [3.05, 3.63) is 129 Å². The van der Waals surface area contributed by atoms with Crippen molar-refractivity contribution in [1.82, 2.24) is 10.4 Å². The Balaban J connectivity index is 1.42. The highest BCUT2D eigenvalue weighted by molar-refractivity contribution is 6.38. The molecule has 1 fully saturated rings. The molecule has 3 amide bonds. The van der Waals surface area contributed by atoms with Gasteiger partial charge < -0.3 is 0 Å². The number of anilines is 1. The Morgan fingerprint density at radius 1 is 0.900 bits per heavy atom. The molecule has 4 aromatic rings. The van der Waals surface area contributed by atoms with Gasteiger partial charge in [-0.2, -0.15) is 5.10 Å². The van der Waals surface area contributed by atoms with Gasteiger partial charge in [0.2, 0.25) is 11.8 Å². The van der Waals surface area contributed by atoms with Gasteiger partial charge in [0, 0.05) is 35.1 Å². The van der Waals surface area contributed by atoms with Gasteiger partial charge in [0.05, 0.1) is 28.0 Å². The molecule has 40 heavy (non-hydrogen) atoms. The fraction of sp³-hybridized carbons (Fsp3) is 0.129. The second kappa shape index (κ2) is 9.11. The molecule has 1 aromatic heterocycles. The van der Waals surface area contributed by atoms with E-state index in [1.165, 1.54) is 23.4 Å². The van der Waals surface area contributed by atoms with E-state index >= 15 is 0 Å². The van der Waals surface area contributed by atoms with Gasteiger partial charge >= 0.3 is 0 Å². The molecule has 3 aliphatic carbocycles. The first kappa shape index (κ1) is 24.7. The number of halogens is 2. The summed E-state index contributed by atoms with van der Waals surface area (Å²) in [5.74, 6) is -2.94. The number of imide groups is 1. The lowest BCUT2D eigenvalue weighted by atomic mass is 9.47. The SMILES string of the molecule is O=C(N/N=C\C12c3ccccc3C(c3ccccc31)[C@@H]1C(=O)N(c3ccc(Cl)cc3Cl)C(=O)[C@@H]12)c1ccncc1. The quantitative estimate of drug-likeness (QED) is 0.204. The van der Waals surface area contributed by atoms with Crippen LogP contribution in [0.2, 0.25) is 10.0 Å². The Kier molecular flexibility index (Phi) is 5.63. The Hall–Kier alpha value is -4.33. The van der Waals surface area contributed by atoms with Crippen molar-refractivity contribution < 1.29 is 14.4 Å². The van der Waals surface area contributed by atoms with Crippen molar-refractivity contribution in [2.24, 2.45) is 16.9 Å². The zero-order chi connectivity index (χ0) is 27.6. The molecule has 2 heterocycles. The van der Waals surface area contributed by atoms with Crippen LogP contribution in [-0.4, -0.2) is 28.9 Å². The summed E-state index contributed by atoms with van der Waals surface area (Å²) < 4.78 is 0. The van der Waals surface area contributed by atoms with Crippen LogP contribution >= 0.6 is 23.2 Å². The summed E-state index contributed by atoms with van der Waals surface area (Å²) in [5.41, 5.74) is 5.86. The van der Waals surface area contributed by atoms with E-state index in [1.54, 1.807) is 30.5 Å². The molecular weight excluding hydrogens is 547 g/mol. The van der Waals surface area contributed by atoms with Crippen LogP contribution in [0.15, 0.2) is 96.4 Å². The summed E-state index contributed by atoms with van der Waals surface area (Å²) >= 11 is 12.6. The summed E-state index contributed by atoms with van der Waals surface area (Å²) in [5, 5.41) is 5.03. The number of hydrogen-bond donors (Lipinski definition) is 1. The van der Waals surface area contributed by atoms with E-state index < -0.39 is 23.2 Å².